The van der Waals surface area contributed by atoms with Crippen LogP contribution in [-0.2, 0) is 6.42 Å². The summed E-state index contributed by atoms with van der Waals surface area (Å²) in [6, 6.07) is 8.29. The van der Waals surface area contributed by atoms with Gasteiger partial charge in [-0.1, -0.05) is 18.2 Å². The zero-order valence-electron chi connectivity index (χ0n) is 10.1. The number of benzene rings is 1. The van der Waals surface area contributed by atoms with Crippen LogP contribution >= 0.6 is 11.3 Å². The van der Waals surface area contributed by atoms with Crippen LogP contribution in [0.4, 0.5) is 5.69 Å². The Bertz CT molecular complexity index is 493. The SMILES string of the molecule is CNC(Cc1ccccc1N)c1cnc(C)s1. The molecule has 0 radical (unpaired) electrons. The zero-order chi connectivity index (χ0) is 12.3. The van der Waals surface area contributed by atoms with E-state index in [2.05, 4.69) is 16.4 Å². The van der Waals surface area contributed by atoms with Crippen LogP contribution in [0.3, 0.4) is 0 Å². The Kier molecular flexibility index (Phi) is 3.76. The number of thiazole rings is 1. The number of nitrogens with zero attached hydrogens (tertiary/aromatic N) is 1. The number of rotatable bonds is 4. The second-order valence-electron chi connectivity index (χ2n) is 4.03. The number of nitrogens with one attached hydrogen (secondary N) is 1. The average molecular weight is 247 g/mol. The van der Waals surface area contributed by atoms with Crippen molar-refractivity contribution in [3.05, 3.63) is 45.9 Å². The molecule has 0 aliphatic heterocycles. The molecule has 3 nitrogen and oxygen atoms in total. The van der Waals surface area contributed by atoms with Crippen molar-refractivity contribution in [1.82, 2.24) is 10.3 Å². The minimum absolute atomic E-state index is 0.283. The van der Waals surface area contributed by atoms with Gasteiger partial charge in [-0.15, -0.1) is 11.3 Å². The Labute approximate surface area is 106 Å². The van der Waals surface area contributed by atoms with Gasteiger partial charge in [-0.05, 0) is 32.0 Å². The van der Waals surface area contributed by atoms with Gasteiger partial charge >= 0.3 is 0 Å². The van der Waals surface area contributed by atoms with Gasteiger partial charge in [0, 0.05) is 22.8 Å². The normalized spacial score (nSPS) is 12.6. The van der Waals surface area contributed by atoms with E-state index in [9.17, 15) is 0 Å². The number of nitrogen functional groups attached to an aromatic ring is 1. The predicted octanol–water partition coefficient (Wildman–Crippen LogP) is 2.54. The average Bonchev–Trinajstić information content (AvgIpc) is 2.75. The van der Waals surface area contributed by atoms with Crippen LogP contribution in [0.2, 0.25) is 0 Å². The summed E-state index contributed by atoms with van der Waals surface area (Å²) >= 11 is 1.73. The number of hydrogen-bond acceptors (Lipinski definition) is 4. The third-order valence-corrected chi connectivity index (χ3v) is 3.84. The van der Waals surface area contributed by atoms with Crippen molar-refractivity contribution in [2.24, 2.45) is 0 Å². The maximum atomic E-state index is 5.97. The lowest BCUT2D eigenvalue weighted by molar-refractivity contribution is 0.602. The zero-order valence-corrected chi connectivity index (χ0v) is 10.9. The molecule has 90 valence electrons. The second-order valence-corrected chi connectivity index (χ2v) is 5.29. The summed E-state index contributed by atoms with van der Waals surface area (Å²) in [5.41, 5.74) is 8.00. The van der Waals surface area contributed by atoms with Crippen LogP contribution in [0.15, 0.2) is 30.5 Å². The number of likely N-dealkylation sites (N-methyl/N-ethyl adjacent to an activating group) is 1. The van der Waals surface area contributed by atoms with E-state index >= 15 is 0 Å². The first-order chi connectivity index (χ1) is 8.20. The lowest BCUT2D eigenvalue weighted by atomic mass is 10.0. The molecule has 0 spiro atoms. The van der Waals surface area contributed by atoms with E-state index in [0.29, 0.717) is 0 Å². The number of nitrogens with two attached hydrogens (primary N) is 1. The van der Waals surface area contributed by atoms with Crippen molar-refractivity contribution in [1.29, 1.82) is 0 Å². The molecule has 4 heteroatoms. The van der Waals surface area contributed by atoms with Gasteiger partial charge < -0.3 is 11.1 Å². The lowest BCUT2D eigenvalue weighted by Gasteiger charge is -2.15. The predicted molar refractivity (Wildman–Crippen MR) is 73.2 cm³/mol. The van der Waals surface area contributed by atoms with Crippen LogP contribution in [0, 0.1) is 6.92 Å². The fourth-order valence-electron chi connectivity index (χ4n) is 1.82. The van der Waals surface area contributed by atoms with E-state index in [1.54, 1.807) is 11.3 Å². The number of aryl methyl sites for hydroxylation is 1. The van der Waals surface area contributed by atoms with Crippen molar-refractivity contribution in [2.75, 3.05) is 12.8 Å². The molecule has 0 saturated heterocycles. The van der Waals surface area contributed by atoms with Gasteiger partial charge in [-0.3, -0.25) is 0 Å². The molecular weight excluding hydrogens is 230 g/mol. The van der Waals surface area contributed by atoms with Crippen molar-refractivity contribution >= 4 is 17.0 Å². The highest BCUT2D eigenvalue weighted by atomic mass is 32.1. The quantitative estimate of drug-likeness (QED) is 0.816. The summed E-state index contributed by atoms with van der Waals surface area (Å²) in [5.74, 6) is 0. The van der Waals surface area contributed by atoms with E-state index in [-0.39, 0.29) is 6.04 Å². The van der Waals surface area contributed by atoms with Crippen LogP contribution in [0.1, 0.15) is 21.5 Å². The molecule has 1 heterocycles. The topological polar surface area (TPSA) is 50.9 Å². The molecule has 1 aromatic heterocycles. The second kappa shape index (κ2) is 5.29. The standard InChI is InChI=1S/C13H17N3S/c1-9-16-8-13(17-9)12(15-2)7-10-5-3-4-6-11(10)14/h3-6,8,12,15H,7,14H2,1-2H3. The molecule has 0 fully saturated rings. The monoisotopic (exact) mass is 247 g/mol. The molecule has 3 N–H and O–H groups in total. The highest BCUT2D eigenvalue weighted by Gasteiger charge is 2.13. The van der Waals surface area contributed by atoms with E-state index < -0.39 is 0 Å². The Hall–Kier alpha value is -1.39. The Morgan fingerprint density at radius 1 is 1.41 bits per heavy atom. The molecule has 0 bridgehead atoms. The minimum Gasteiger partial charge on any atom is -0.399 e. The van der Waals surface area contributed by atoms with Crippen LogP contribution in [0.5, 0.6) is 0 Å². The summed E-state index contributed by atoms with van der Waals surface area (Å²) in [5, 5.41) is 4.42. The molecule has 0 amide bonds. The highest BCUT2D eigenvalue weighted by Crippen LogP contribution is 2.25. The molecule has 0 saturated carbocycles. The highest BCUT2D eigenvalue weighted by molar-refractivity contribution is 7.11. The molecule has 1 aromatic carbocycles. The maximum Gasteiger partial charge on any atom is 0.0897 e. The van der Waals surface area contributed by atoms with E-state index in [0.717, 1.165) is 17.1 Å². The first-order valence-electron chi connectivity index (χ1n) is 5.63. The molecule has 2 rings (SSSR count). The molecule has 1 atom stereocenters. The van der Waals surface area contributed by atoms with Crippen molar-refractivity contribution in [2.45, 2.75) is 19.4 Å². The molecule has 2 aromatic rings. The first kappa shape index (κ1) is 12.1. The summed E-state index contributed by atoms with van der Waals surface area (Å²) in [7, 11) is 1.97. The van der Waals surface area contributed by atoms with Gasteiger partial charge in [0.2, 0.25) is 0 Å². The van der Waals surface area contributed by atoms with E-state index in [1.165, 1.54) is 10.4 Å². The van der Waals surface area contributed by atoms with Gasteiger partial charge in [-0.25, -0.2) is 4.98 Å². The fraction of sp³-hybridized carbons (Fsp3) is 0.308. The Balaban J connectivity index is 2.18. The van der Waals surface area contributed by atoms with Crippen molar-refractivity contribution in [3.8, 4) is 0 Å². The summed E-state index contributed by atoms with van der Waals surface area (Å²) in [6.07, 6.45) is 2.84. The van der Waals surface area contributed by atoms with Gasteiger partial charge in [-0.2, -0.15) is 0 Å². The Morgan fingerprint density at radius 3 is 2.76 bits per heavy atom. The summed E-state index contributed by atoms with van der Waals surface area (Å²) in [4.78, 5) is 5.55. The van der Waals surface area contributed by atoms with E-state index in [1.807, 2.05) is 38.4 Å². The van der Waals surface area contributed by atoms with E-state index in [4.69, 9.17) is 5.73 Å². The number of anilines is 1. The van der Waals surface area contributed by atoms with Crippen LogP contribution in [-0.4, -0.2) is 12.0 Å². The van der Waals surface area contributed by atoms with Crippen LogP contribution in [0.25, 0.3) is 0 Å². The molecule has 17 heavy (non-hydrogen) atoms. The number of para-hydroxylation sites is 1. The van der Waals surface area contributed by atoms with Gasteiger partial charge in [0.05, 0.1) is 5.01 Å². The summed E-state index contributed by atoms with van der Waals surface area (Å²) in [6.45, 7) is 2.03. The third-order valence-electron chi connectivity index (χ3n) is 2.81. The van der Waals surface area contributed by atoms with Crippen molar-refractivity contribution in [3.63, 3.8) is 0 Å². The summed E-state index contributed by atoms with van der Waals surface area (Å²) < 4.78 is 0. The smallest absolute Gasteiger partial charge is 0.0897 e. The molecular formula is C13H17N3S. The number of hydrogen-bond donors (Lipinski definition) is 2. The first-order valence-corrected chi connectivity index (χ1v) is 6.45. The van der Waals surface area contributed by atoms with Crippen LogP contribution < -0.4 is 11.1 Å². The number of aromatic nitrogens is 1. The third kappa shape index (κ3) is 2.84. The fourth-order valence-corrected chi connectivity index (χ4v) is 2.72. The molecule has 1 unspecified atom stereocenters. The Morgan fingerprint density at radius 2 is 2.18 bits per heavy atom. The van der Waals surface area contributed by atoms with Gasteiger partial charge in [0.1, 0.15) is 0 Å². The minimum atomic E-state index is 0.283. The van der Waals surface area contributed by atoms with Gasteiger partial charge in [0.25, 0.3) is 0 Å². The molecule has 0 aliphatic carbocycles. The lowest BCUT2D eigenvalue weighted by Crippen LogP contribution is -2.18. The largest absolute Gasteiger partial charge is 0.399 e. The maximum absolute atomic E-state index is 5.97. The van der Waals surface area contributed by atoms with Crippen molar-refractivity contribution < 1.29 is 0 Å². The molecule has 0 aliphatic rings. The van der Waals surface area contributed by atoms with Gasteiger partial charge in [0.15, 0.2) is 0 Å².